The van der Waals surface area contributed by atoms with Crippen LogP contribution >= 0.6 is 34.8 Å². The first-order valence-electron chi connectivity index (χ1n) is 6.52. The Hall–Kier alpha value is -0.480. The third kappa shape index (κ3) is 2.21. The van der Waals surface area contributed by atoms with Crippen LogP contribution in [0.4, 0.5) is 0 Å². The molecule has 3 rings (SSSR count). The van der Waals surface area contributed by atoms with E-state index in [1.54, 1.807) is 6.07 Å². The van der Waals surface area contributed by atoms with Crippen molar-refractivity contribution < 1.29 is 4.74 Å². The van der Waals surface area contributed by atoms with Crippen molar-refractivity contribution in [2.24, 2.45) is 0 Å². The first kappa shape index (κ1) is 14.5. The molecule has 2 heterocycles. The maximum Gasteiger partial charge on any atom is 0.128 e. The van der Waals surface area contributed by atoms with Gasteiger partial charge in [-0.2, -0.15) is 0 Å². The molecule has 0 amide bonds. The van der Waals surface area contributed by atoms with Gasteiger partial charge < -0.3 is 9.30 Å². The summed E-state index contributed by atoms with van der Waals surface area (Å²) >= 11 is 18.6. The fraction of sp³-hybridized carbons (Fsp3) is 0.500. The summed E-state index contributed by atoms with van der Waals surface area (Å²) in [7, 11) is 0. The van der Waals surface area contributed by atoms with E-state index in [1.165, 1.54) is 0 Å². The van der Waals surface area contributed by atoms with Crippen LogP contribution in [0.3, 0.4) is 0 Å². The molecule has 0 aliphatic carbocycles. The lowest BCUT2D eigenvalue weighted by Gasteiger charge is -2.28. The molecule has 1 aliphatic rings. The van der Waals surface area contributed by atoms with Gasteiger partial charge in [0, 0.05) is 6.61 Å². The molecule has 2 atom stereocenters. The van der Waals surface area contributed by atoms with Gasteiger partial charge in [0.1, 0.15) is 5.82 Å². The zero-order valence-corrected chi connectivity index (χ0v) is 13.6. The molecule has 0 spiro atoms. The predicted molar refractivity (Wildman–Crippen MR) is 83.1 cm³/mol. The SMILES string of the molecule is CC(Cl)c1nc2cc(Cl)c(Cl)cc2n1C1(C)CCOC1. The van der Waals surface area contributed by atoms with Gasteiger partial charge in [-0.05, 0) is 32.4 Å². The first-order chi connectivity index (χ1) is 9.42. The van der Waals surface area contributed by atoms with Crippen LogP contribution in [0.1, 0.15) is 31.5 Å². The lowest BCUT2D eigenvalue weighted by molar-refractivity contribution is 0.162. The fourth-order valence-electron chi connectivity index (χ4n) is 2.76. The van der Waals surface area contributed by atoms with Crippen LogP contribution in [0.2, 0.25) is 10.0 Å². The Morgan fingerprint density at radius 2 is 2.05 bits per heavy atom. The molecular formula is C14H15Cl3N2O. The van der Waals surface area contributed by atoms with Crippen LogP contribution in [0.5, 0.6) is 0 Å². The Morgan fingerprint density at radius 3 is 2.65 bits per heavy atom. The lowest BCUT2D eigenvalue weighted by Crippen LogP contribution is -2.32. The molecule has 108 valence electrons. The number of imidazole rings is 1. The van der Waals surface area contributed by atoms with E-state index in [0.717, 1.165) is 29.9 Å². The standard InChI is InChI=1S/C14H15Cl3N2O/c1-8(15)13-18-11-5-9(16)10(17)6-12(11)19(13)14(2)3-4-20-7-14/h5-6,8H,3-4,7H2,1-2H3. The van der Waals surface area contributed by atoms with E-state index in [1.807, 2.05) is 13.0 Å². The van der Waals surface area contributed by atoms with E-state index in [0.29, 0.717) is 16.7 Å². The van der Waals surface area contributed by atoms with Crippen molar-refractivity contribution in [3.05, 3.63) is 28.0 Å². The zero-order valence-electron chi connectivity index (χ0n) is 11.3. The summed E-state index contributed by atoms with van der Waals surface area (Å²) in [5, 5.41) is 0.833. The Labute approximate surface area is 132 Å². The number of hydrogen-bond acceptors (Lipinski definition) is 2. The molecule has 2 aromatic rings. The minimum absolute atomic E-state index is 0.148. The molecule has 3 nitrogen and oxygen atoms in total. The van der Waals surface area contributed by atoms with E-state index < -0.39 is 0 Å². The van der Waals surface area contributed by atoms with E-state index >= 15 is 0 Å². The van der Waals surface area contributed by atoms with Gasteiger partial charge in [-0.3, -0.25) is 0 Å². The average molecular weight is 334 g/mol. The highest BCUT2D eigenvalue weighted by atomic mass is 35.5. The number of hydrogen-bond donors (Lipinski definition) is 0. The highest BCUT2D eigenvalue weighted by Crippen LogP contribution is 2.38. The van der Waals surface area contributed by atoms with Crippen molar-refractivity contribution in [3.63, 3.8) is 0 Å². The third-order valence-electron chi connectivity index (χ3n) is 3.82. The number of fused-ring (bicyclic) bond motifs is 1. The van der Waals surface area contributed by atoms with E-state index in [-0.39, 0.29) is 10.9 Å². The summed E-state index contributed by atoms with van der Waals surface area (Å²) in [6.45, 7) is 5.47. The summed E-state index contributed by atoms with van der Waals surface area (Å²) in [5.74, 6) is 0.827. The predicted octanol–water partition coefficient (Wildman–Crippen LogP) is 4.78. The largest absolute Gasteiger partial charge is 0.379 e. The molecule has 1 fully saturated rings. The normalized spacial score (nSPS) is 24.4. The number of aromatic nitrogens is 2. The van der Waals surface area contributed by atoms with Crippen molar-refractivity contribution in [3.8, 4) is 0 Å². The second kappa shape index (κ2) is 5.06. The van der Waals surface area contributed by atoms with Gasteiger partial charge in [-0.1, -0.05) is 23.2 Å². The molecule has 1 saturated heterocycles. The van der Waals surface area contributed by atoms with Crippen LogP contribution in [-0.4, -0.2) is 22.8 Å². The summed E-state index contributed by atoms with van der Waals surface area (Å²) in [5.41, 5.74) is 1.62. The number of halogens is 3. The van der Waals surface area contributed by atoms with Gasteiger partial charge in [0.2, 0.25) is 0 Å². The Balaban J connectivity index is 2.31. The van der Waals surface area contributed by atoms with Gasteiger partial charge in [-0.15, -0.1) is 11.6 Å². The summed E-state index contributed by atoms with van der Waals surface area (Å²) in [6.07, 6.45) is 0.926. The molecule has 0 bridgehead atoms. The molecule has 1 aromatic carbocycles. The summed E-state index contributed by atoms with van der Waals surface area (Å²) in [4.78, 5) is 4.64. The van der Waals surface area contributed by atoms with Crippen molar-refractivity contribution in [2.45, 2.75) is 31.2 Å². The van der Waals surface area contributed by atoms with Crippen LogP contribution in [0.15, 0.2) is 12.1 Å². The second-order valence-electron chi connectivity index (χ2n) is 5.48. The van der Waals surface area contributed by atoms with Crippen LogP contribution in [-0.2, 0) is 10.3 Å². The van der Waals surface area contributed by atoms with Crippen molar-refractivity contribution in [1.29, 1.82) is 0 Å². The molecule has 6 heteroatoms. The number of nitrogens with zero attached hydrogens (tertiary/aromatic N) is 2. The summed E-state index contributed by atoms with van der Waals surface area (Å²) in [6, 6.07) is 3.65. The highest BCUT2D eigenvalue weighted by molar-refractivity contribution is 6.42. The highest BCUT2D eigenvalue weighted by Gasteiger charge is 2.36. The van der Waals surface area contributed by atoms with Gasteiger partial charge >= 0.3 is 0 Å². The molecule has 1 aromatic heterocycles. The first-order valence-corrected chi connectivity index (χ1v) is 7.71. The smallest absolute Gasteiger partial charge is 0.128 e. The Bertz CT molecular complexity index is 660. The minimum atomic E-state index is -0.197. The molecule has 2 unspecified atom stereocenters. The lowest BCUT2D eigenvalue weighted by atomic mass is 10.0. The maximum absolute atomic E-state index is 6.31. The molecule has 1 aliphatic heterocycles. The molecule has 0 saturated carbocycles. The van der Waals surface area contributed by atoms with Crippen LogP contribution in [0, 0.1) is 0 Å². The van der Waals surface area contributed by atoms with Gasteiger partial charge in [0.25, 0.3) is 0 Å². The van der Waals surface area contributed by atoms with Crippen molar-refractivity contribution in [1.82, 2.24) is 9.55 Å². The Morgan fingerprint density at radius 1 is 1.35 bits per heavy atom. The monoisotopic (exact) mass is 332 g/mol. The van der Waals surface area contributed by atoms with Gasteiger partial charge in [-0.25, -0.2) is 4.98 Å². The molecule has 20 heavy (non-hydrogen) atoms. The van der Waals surface area contributed by atoms with E-state index in [2.05, 4.69) is 16.5 Å². The zero-order chi connectivity index (χ0) is 14.5. The topological polar surface area (TPSA) is 27.1 Å². The van der Waals surface area contributed by atoms with Gasteiger partial charge in [0.15, 0.2) is 0 Å². The number of rotatable bonds is 2. The molecule has 0 radical (unpaired) electrons. The average Bonchev–Trinajstić information content (AvgIpc) is 2.95. The number of ether oxygens (including phenoxy) is 1. The van der Waals surface area contributed by atoms with E-state index in [9.17, 15) is 0 Å². The fourth-order valence-corrected chi connectivity index (χ4v) is 3.22. The number of benzene rings is 1. The maximum atomic E-state index is 6.31. The third-order valence-corrected chi connectivity index (χ3v) is 4.73. The van der Waals surface area contributed by atoms with Crippen molar-refractivity contribution in [2.75, 3.05) is 13.2 Å². The van der Waals surface area contributed by atoms with Crippen LogP contribution in [0.25, 0.3) is 11.0 Å². The van der Waals surface area contributed by atoms with Gasteiger partial charge in [0.05, 0.1) is 38.6 Å². The quantitative estimate of drug-likeness (QED) is 0.740. The van der Waals surface area contributed by atoms with Crippen LogP contribution < -0.4 is 0 Å². The molecule has 0 N–H and O–H groups in total. The van der Waals surface area contributed by atoms with E-state index in [4.69, 9.17) is 39.5 Å². The summed E-state index contributed by atoms with van der Waals surface area (Å²) < 4.78 is 7.73. The second-order valence-corrected chi connectivity index (χ2v) is 6.95. The Kier molecular flexibility index (Phi) is 3.66. The number of alkyl halides is 1. The minimum Gasteiger partial charge on any atom is -0.379 e. The van der Waals surface area contributed by atoms with Crippen molar-refractivity contribution >= 4 is 45.8 Å². The molecular weight excluding hydrogens is 319 g/mol.